The van der Waals surface area contributed by atoms with Crippen molar-refractivity contribution in [2.24, 2.45) is 0 Å². The van der Waals surface area contributed by atoms with Crippen molar-refractivity contribution in [1.29, 1.82) is 0 Å². The molecule has 64 valence electrons. The summed E-state index contributed by atoms with van der Waals surface area (Å²) < 4.78 is 12.7. The normalized spacial score (nSPS) is 10.8. The topological polar surface area (TPSA) is 40.5 Å². The molecular formula is C9H9FO2. The summed E-state index contributed by atoms with van der Waals surface area (Å²) in [5.74, 6) is -1.96. The predicted molar refractivity (Wildman–Crippen MR) is 44.4 cm³/mol. The Labute approximate surface area is 69.6 Å². The number of phenols is 2. The van der Waals surface area contributed by atoms with E-state index in [1.807, 2.05) is 0 Å². The van der Waals surface area contributed by atoms with E-state index < -0.39 is 17.3 Å². The van der Waals surface area contributed by atoms with E-state index in [9.17, 15) is 4.39 Å². The minimum absolute atomic E-state index is 0.442. The van der Waals surface area contributed by atoms with E-state index >= 15 is 0 Å². The fraction of sp³-hybridized carbons (Fsp3) is 0.111. The molecule has 0 bridgehead atoms. The lowest BCUT2D eigenvalue weighted by atomic mass is 10.2. The van der Waals surface area contributed by atoms with Crippen molar-refractivity contribution in [1.82, 2.24) is 0 Å². The van der Waals surface area contributed by atoms with Crippen LogP contribution in [0.3, 0.4) is 0 Å². The SMILES string of the molecule is CC=Cc1cc(O)c(O)c(F)c1. The Bertz CT molecular complexity index is 295. The number of phenolic OH excluding ortho intramolecular Hbond substituents is 2. The molecule has 0 amide bonds. The molecule has 0 spiro atoms. The zero-order chi connectivity index (χ0) is 9.14. The molecule has 0 saturated heterocycles. The molecule has 0 aliphatic heterocycles. The molecular weight excluding hydrogens is 159 g/mol. The smallest absolute Gasteiger partial charge is 0.194 e. The number of aromatic hydroxyl groups is 2. The Kier molecular flexibility index (Phi) is 2.33. The molecule has 1 aromatic carbocycles. The van der Waals surface area contributed by atoms with Crippen molar-refractivity contribution in [3.05, 3.63) is 29.6 Å². The monoisotopic (exact) mass is 168 g/mol. The van der Waals surface area contributed by atoms with E-state index in [-0.39, 0.29) is 0 Å². The van der Waals surface area contributed by atoms with Gasteiger partial charge in [0.2, 0.25) is 0 Å². The van der Waals surface area contributed by atoms with Gasteiger partial charge in [-0.15, -0.1) is 0 Å². The Hall–Kier alpha value is -1.51. The summed E-state index contributed by atoms with van der Waals surface area (Å²) in [6, 6.07) is 2.44. The number of hydrogen-bond donors (Lipinski definition) is 2. The summed E-state index contributed by atoms with van der Waals surface area (Å²) in [5, 5.41) is 17.8. The first kappa shape index (κ1) is 8.59. The number of halogens is 1. The van der Waals surface area contributed by atoms with Crippen LogP contribution in [0.1, 0.15) is 12.5 Å². The van der Waals surface area contributed by atoms with Crippen molar-refractivity contribution in [3.63, 3.8) is 0 Å². The van der Waals surface area contributed by atoms with Crippen LogP contribution in [0.25, 0.3) is 6.08 Å². The van der Waals surface area contributed by atoms with E-state index in [1.54, 1.807) is 19.1 Å². The molecule has 0 heterocycles. The van der Waals surface area contributed by atoms with Gasteiger partial charge in [-0.1, -0.05) is 12.2 Å². The van der Waals surface area contributed by atoms with Crippen molar-refractivity contribution in [2.75, 3.05) is 0 Å². The second-order valence-electron chi connectivity index (χ2n) is 2.37. The Morgan fingerprint density at radius 3 is 2.50 bits per heavy atom. The summed E-state index contributed by atoms with van der Waals surface area (Å²) in [4.78, 5) is 0. The molecule has 2 nitrogen and oxygen atoms in total. The Morgan fingerprint density at radius 1 is 1.33 bits per heavy atom. The molecule has 2 N–H and O–H groups in total. The fourth-order valence-electron chi connectivity index (χ4n) is 0.894. The zero-order valence-electron chi connectivity index (χ0n) is 6.58. The van der Waals surface area contributed by atoms with Crippen LogP contribution in [0.15, 0.2) is 18.2 Å². The maximum Gasteiger partial charge on any atom is 0.194 e. The molecule has 0 radical (unpaired) electrons. The highest BCUT2D eigenvalue weighted by Crippen LogP contribution is 2.29. The maximum atomic E-state index is 12.7. The summed E-state index contributed by atoms with van der Waals surface area (Å²) >= 11 is 0. The summed E-state index contributed by atoms with van der Waals surface area (Å²) in [7, 11) is 0. The molecule has 0 atom stereocenters. The maximum absolute atomic E-state index is 12.7. The van der Waals surface area contributed by atoms with Crippen LogP contribution in [-0.4, -0.2) is 10.2 Å². The van der Waals surface area contributed by atoms with Crippen LogP contribution < -0.4 is 0 Å². The highest BCUT2D eigenvalue weighted by Gasteiger charge is 2.06. The molecule has 0 aliphatic rings. The molecule has 1 rings (SSSR count). The fourth-order valence-corrected chi connectivity index (χ4v) is 0.894. The first-order valence-electron chi connectivity index (χ1n) is 3.49. The average Bonchev–Trinajstić information content (AvgIpc) is 2.01. The molecule has 3 heteroatoms. The molecule has 0 aliphatic carbocycles. The van der Waals surface area contributed by atoms with Crippen LogP contribution in [-0.2, 0) is 0 Å². The third kappa shape index (κ3) is 1.56. The lowest BCUT2D eigenvalue weighted by molar-refractivity contribution is 0.379. The number of benzene rings is 1. The number of hydrogen-bond acceptors (Lipinski definition) is 2. The molecule has 0 fully saturated rings. The van der Waals surface area contributed by atoms with Crippen LogP contribution in [0.5, 0.6) is 11.5 Å². The minimum atomic E-state index is -0.817. The third-order valence-corrected chi connectivity index (χ3v) is 1.42. The van der Waals surface area contributed by atoms with Crippen molar-refractivity contribution in [3.8, 4) is 11.5 Å². The van der Waals surface area contributed by atoms with Crippen LogP contribution in [0.2, 0.25) is 0 Å². The van der Waals surface area contributed by atoms with Gasteiger partial charge >= 0.3 is 0 Å². The summed E-state index contributed by atoms with van der Waals surface area (Å²) in [6.45, 7) is 1.78. The Morgan fingerprint density at radius 2 is 2.00 bits per heavy atom. The van der Waals surface area contributed by atoms with E-state index in [0.717, 1.165) is 6.07 Å². The zero-order valence-corrected chi connectivity index (χ0v) is 6.58. The van der Waals surface area contributed by atoms with E-state index in [1.165, 1.54) is 6.07 Å². The molecule has 0 unspecified atom stereocenters. The van der Waals surface area contributed by atoms with Gasteiger partial charge in [-0.2, -0.15) is 0 Å². The van der Waals surface area contributed by atoms with Crippen molar-refractivity contribution < 1.29 is 14.6 Å². The Balaban J connectivity index is 3.21. The molecule has 0 aromatic heterocycles. The van der Waals surface area contributed by atoms with Gasteiger partial charge in [0.1, 0.15) is 0 Å². The van der Waals surface area contributed by atoms with Gasteiger partial charge in [-0.05, 0) is 24.6 Å². The van der Waals surface area contributed by atoms with E-state index in [4.69, 9.17) is 10.2 Å². The van der Waals surface area contributed by atoms with E-state index in [0.29, 0.717) is 5.56 Å². The number of rotatable bonds is 1. The summed E-state index contributed by atoms with van der Waals surface area (Å²) in [5.41, 5.74) is 0.519. The first-order valence-corrected chi connectivity index (χ1v) is 3.49. The first-order chi connectivity index (χ1) is 5.65. The standard InChI is InChI=1S/C9H9FO2/c1-2-3-6-4-7(10)9(12)8(11)5-6/h2-5,11-12H,1H3. The molecule has 12 heavy (non-hydrogen) atoms. The van der Waals surface area contributed by atoms with Gasteiger partial charge in [-0.25, -0.2) is 4.39 Å². The average molecular weight is 168 g/mol. The lowest BCUT2D eigenvalue weighted by Gasteiger charge is -2.00. The van der Waals surface area contributed by atoms with E-state index in [2.05, 4.69) is 0 Å². The van der Waals surface area contributed by atoms with Crippen LogP contribution in [0, 0.1) is 5.82 Å². The highest BCUT2D eigenvalue weighted by molar-refractivity contribution is 5.55. The highest BCUT2D eigenvalue weighted by atomic mass is 19.1. The molecule has 0 saturated carbocycles. The van der Waals surface area contributed by atoms with Crippen molar-refractivity contribution in [2.45, 2.75) is 6.92 Å². The van der Waals surface area contributed by atoms with Gasteiger partial charge in [0, 0.05) is 0 Å². The van der Waals surface area contributed by atoms with Gasteiger partial charge in [-0.3, -0.25) is 0 Å². The van der Waals surface area contributed by atoms with Crippen LogP contribution >= 0.6 is 0 Å². The van der Waals surface area contributed by atoms with Gasteiger partial charge < -0.3 is 10.2 Å². The van der Waals surface area contributed by atoms with Crippen LogP contribution in [0.4, 0.5) is 4.39 Å². The second-order valence-corrected chi connectivity index (χ2v) is 2.37. The van der Waals surface area contributed by atoms with Gasteiger partial charge in [0.25, 0.3) is 0 Å². The quantitative estimate of drug-likeness (QED) is 0.631. The number of allylic oxidation sites excluding steroid dienone is 1. The van der Waals surface area contributed by atoms with Gasteiger partial charge in [0.05, 0.1) is 0 Å². The largest absolute Gasteiger partial charge is 0.504 e. The predicted octanol–water partition coefficient (Wildman–Crippen LogP) is 2.27. The summed E-state index contributed by atoms with van der Waals surface area (Å²) in [6.07, 6.45) is 3.34. The minimum Gasteiger partial charge on any atom is -0.504 e. The van der Waals surface area contributed by atoms with Gasteiger partial charge in [0.15, 0.2) is 17.3 Å². The third-order valence-electron chi connectivity index (χ3n) is 1.42. The van der Waals surface area contributed by atoms with Crippen molar-refractivity contribution >= 4 is 6.08 Å². The lowest BCUT2D eigenvalue weighted by Crippen LogP contribution is -1.79. The molecule has 1 aromatic rings. The second kappa shape index (κ2) is 3.26.